The van der Waals surface area contributed by atoms with Crippen LogP contribution in [0.5, 0.6) is 0 Å². The second-order valence-electron chi connectivity index (χ2n) is 3.97. The van der Waals surface area contributed by atoms with E-state index in [-0.39, 0.29) is 12.1 Å². The zero-order chi connectivity index (χ0) is 11.5. The fraction of sp³-hybridized carbons (Fsp3) is 0.417. The van der Waals surface area contributed by atoms with E-state index >= 15 is 0 Å². The first-order chi connectivity index (χ1) is 7.70. The summed E-state index contributed by atoms with van der Waals surface area (Å²) in [5.74, 6) is 0. The molecule has 0 spiro atoms. The molecule has 0 aromatic heterocycles. The third-order valence-corrected chi connectivity index (χ3v) is 3.21. The molecule has 0 aliphatic carbocycles. The van der Waals surface area contributed by atoms with Crippen molar-refractivity contribution in [2.75, 3.05) is 13.2 Å². The van der Waals surface area contributed by atoms with E-state index in [1.807, 2.05) is 23.1 Å². The van der Waals surface area contributed by atoms with Gasteiger partial charge in [-0.3, -0.25) is 0 Å². The Kier molecular flexibility index (Phi) is 3.41. The van der Waals surface area contributed by atoms with Gasteiger partial charge >= 0.3 is 0 Å². The molecule has 1 aliphatic rings. The molecule has 1 aromatic rings. The highest BCUT2D eigenvalue weighted by molar-refractivity contribution is 7.80. The maximum absolute atomic E-state index is 5.80. The van der Waals surface area contributed by atoms with Crippen molar-refractivity contribution in [3.63, 3.8) is 0 Å². The lowest BCUT2D eigenvalue weighted by Gasteiger charge is -2.39. The first-order valence-electron chi connectivity index (χ1n) is 5.43. The molecule has 2 N–H and O–H groups in total. The van der Waals surface area contributed by atoms with E-state index in [4.69, 9.17) is 22.7 Å². The van der Waals surface area contributed by atoms with E-state index in [1.54, 1.807) is 0 Å². The molecular weight excluding hydrogens is 220 g/mol. The molecule has 0 radical (unpaired) electrons. The third kappa shape index (κ3) is 2.18. The Morgan fingerprint density at radius 3 is 2.75 bits per heavy atom. The number of morpholine rings is 1. The third-order valence-electron chi connectivity index (χ3n) is 2.97. The van der Waals surface area contributed by atoms with E-state index in [1.165, 1.54) is 5.56 Å². The summed E-state index contributed by atoms with van der Waals surface area (Å²) in [6.07, 6.45) is 0.0523. The van der Waals surface area contributed by atoms with Gasteiger partial charge in [-0.1, -0.05) is 30.3 Å². The van der Waals surface area contributed by atoms with Crippen molar-refractivity contribution >= 4 is 17.3 Å². The largest absolute Gasteiger partial charge is 0.376 e. The lowest BCUT2D eigenvalue weighted by molar-refractivity contribution is -0.0408. The topological polar surface area (TPSA) is 38.5 Å². The average Bonchev–Trinajstić information content (AvgIpc) is 2.30. The predicted octanol–water partition coefficient (Wildman–Crippen LogP) is 1.69. The molecule has 0 unspecified atom stereocenters. The molecule has 1 fully saturated rings. The van der Waals surface area contributed by atoms with Crippen molar-refractivity contribution in [1.29, 1.82) is 0 Å². The molecular formula is C12H16N2OS. The molecule has 86 valence electrons. The fourth-order valence-corrected chi connectivity index (χ4v) is 2.37. The van der Waals surface area contributed by atoms with Crippen molar-refractivity contribution < 1.29 is 4.74 Å². The van der Waals surface area contributed by atoms with E-state index in [9.17, 15) is 0 Å². The van der Waals surface area contributed by atoms with Crippen LogP contribution in [-0.4, -0.2) is 29.2 Å². The van der Waals surface area contributed by atoms with Gasteiger partial charge in [0.2, 0.25) is 0 Å². The van der Waals surface area contributed by atoms with Crippen molar-refractivity contribution in [1.82, 2.24) is 4.90 Å². The van der Waals surface area contributed by atoms with Crippen LogP contribution in [0.4, 0.5) is 0 Å². The molecule has 1 aromatic carbocycles. The van der Waals surface area contributed by atoms with Crippen LogP contribution in [0.15, 0.2) is 30.3 Å². The maximum atomic E-state index is 5.80. The van der Waals surface area contributed by atoms with E-state index in [0.29, 0.717) is 11.7 Å². The zero-order valence-electron chi connectivity index (χ0n) is 9.30. The Bertz CT molecular complexity index is 369. The number of benzene rings is 1. The molecule has 2 atom stereocenters. The first-order valence-corrected chi connectivity index (χ1v) is 5.83. The number of hydrogen-bond acceptors (Lipinski definition) is 2. The molecule has 0 amide bonds. The monoisotopic (exact) mass is 236 g/mol. The first kappa shape index (κ1) is 11.4. The highest BCUT2D eigenvalue weighted by Gasteiger charge is 2.30. The summed E-state index contributed by atoms with van der Waals surface area (Å²) in [6, 6.07) is 10.4. The molecule has 3 nitrogen and oxygen atoms in total. The highest BCUT2D eigenvalue weighted by atomic mass is 32.1. The lowest BCUT2D eigenvalue weighted by Crippen LogP contribution is -2.50. The van der Waals surface area contributed by atoms with Crippen LogP contribution in [0, 0.1) is 0 Å². The second-order valence-corrected chi connectivity index (χ2v) is 4.39. The van der Waals surface area contributed by atoms with Crippen molar-refractivity contribution in [3.05, 3.63) is 35.9 Å². The van der Waals surface area contributed by atoms with Crippen LogP contribution in [0.25, 0.3) is 0 Å². The molecule has 2 rings (SSSR count). The predicted molar refractivity (Wildman–Crippen MR) is 68.1 cm³/mol. The van der Waals surface area contributed by atoms with E-state index in [0.717, 1.165) is 6.54 Å². The Balaban J connectivity index is 2.19. The minimum Gasteiger partial charge on any atom is -0.376 e. The summed E-state index contributed by atoms with van der Waals surface area (Å²) in [5.41, 5.74) is 6.88. The number of rotatable bonds is 1. The van der Waals surface area contributed by atoms with Crippen molar-refractivity contribution in [2.24, 2.45) is 5.73 Å². The summed E-state index contributed by atoms with van der Waals surface area (Å²) >= 11 is 5.04. The standard InChI is InChI=1S/C12H16N2OS/c1-9-11(10-5-3-2-4-6-10)15-8-7-14(9)12(13)16/h2-6,9,11H,7-8H2,1H3,(H2,13,16)/t9-,11+/m0/s1. The average molecular weight is 236 g/mol. The quantitative estimate of drug-likeness (QED) is 0.753. The zero-order valence-corrected chi connectivity index (χ0v) is 10.1. The van der Waals surface area contributed by atoms with Gasteiger partial charge in [-0.15, -0.1) is 0 Å². The summed E-state index contributed by atoms with van der Waals surface area (Å²) in [6.45, 7) is 3.54. The lowest BCUT2D eigenvalue weighted by atomic mass is 10.0. The van der Waals surface area contributed by atoms with Gasteiger partial charge in [0.25, 0.3) is 0 Å². The SMILES string of the molecule is C[C@H]1[C@H](c2ccccc2)OCCN1C(N)=S. The smallest absolute Gasteiger partial charge is 0.166 e. The van der Waals surface area contributed by atoms with Crippen LogP contribution < -0.4 is 5.73 Å². The van der Waals surface area contributed by atoms with Crippen LogP contribution >= 0.6 is 12.2 Å². The van der Waals surface area contributed by atoms with Gasteiger partial charge in [0.05, 0.1) is 12.6 Å². The number of nitrogens with two attached hydrogens (primary N) is 1. The molecule has 1 heterocycles. The minimum atomic E-state index is 0.0523. The maximum Gasteiger partial charge on any atom is 0.166 e. The van der Waals surface area contributed by atoms with Gasteiger partial charge in [0.1, 0.15) is 6.10 Å². The Morgan fingerprint density at radius 1 is 1.44 bits per heavy atom. The van der Waals surface area contributed by atoms with Crippen LogP contribution in [0.1, 0.15) is 18.6 Å². The van der Waals surface area contributed by atoms with Gasteiger partial charge in [0.15, 0.2) is 5.11 Å². The molecule has 1 saturated heterocycles. The van der Waals surface area contributed by atoms with Crippen LogP contribution in [-0.2, 0) is 4.74 Å². The Hall–Kier alpha value is -1.13. The van der Waals surface area contributed by atoms with Crippen LogP contribution in [0.2, 0.25) is 0 Å². The normalized spacial score (nSPS) is 25.4. The van der Waals surface area contributed by atoms with E-state index in [2.05, 4.69) is 19.1 Å². The van der Waals surface area contributed by atoms with Crippen LogP contribution in [0.3, 0.4) is 0 Å². The van der Waals surface area contributed by atoms with Gasteiger partial charge in [-0.05, 0) is 24.7 Å². The number of thiocarbonyl (C=S) groups is 1. The minimum absolute atomic E-state index is 0.0523. The van der Waals surface area contributed by atoms with E-state index < -0.39 is 0 Å². The van der Waals surface area contributed by atoms with Gasteiger partial charge < -0.3 is 15.4 Å². The summed E-state index contributed by atoms with van der Waals surface area (Å²) < 4.78 is 5.80. The molecule has 4 heteroatoms. The summed E-state index contributed by atoms with van der Waals surface area (Å²) in [5, 5.41) is 0.455. The number of ether oxygens (including phenoxy) is 1. The molecule has 1 aliphatic heterocycles. The second kappa shape index (κ2) is 4.80. The highest BCUT2D eigenvalue weighted by Crippen LogP contribution is 2.27. The van der Waals surface area contributed by atoms with Gasteiger partial charge in [-0.25, -0.2) is 0 Å². The fourth-order valence-electron chi connectivity index (χ4n) is 2.11. The van der Waals surface area contributed by atoms with Crippen molar-refractivity contribution in [3.8, 4) is 0 Å². The Morgan fingerprint density at radius 2 is 2.12 bits per heavy atom. The van der Waals surface area contributed by atoms with Crippen molar-refractivity contribution in [2.45, 2.75) is 19.1 Å². The molecule has 0 saturated carbocycles. The summed E-state index contributed by atoms with van der Waals surface area (Å²) in [7, 11) is 0. The molecule has 0 bridgehead atoms. The van der Waals surface area contributed by atoms with Gasteiger partial charge in [-0.2, -0.15) is 0 Å². The molecule has 16 heavy (non-hydrogen) atoms. The number of hydrogen-bond donors (Lipinski definition) is 1. The van der Waals surface area contributed by atoms with Gasteiger partial charge in [0, 0.05) is 6.54 Å². The summed E-state index contributed by atoms with van der Waals surface area (Å²) in [4.78, 5) is 2.02. The Labute approximate surface area is 101 Å². The number of nitrogens with zero attached hydrogens (tertiary/aromatic N) is 1.